The topological polar surface area (TPSA) is 88.4 Å². The van der Waals surface area contributed by atoms with Gasteiger partial charge in [0.05, 0.1) is 12.2 Å². The third-order valence-electron chi connectivity index (χ3n) is 3.30. The summed E-state index contributed by atoms with van der Waals surface area (Å²) in [5.41, 5.74) is 2.02. The van der Waals surface area contributed by atoms with Crippen LogP contribution >= 0.6 is 11.3 Å². The molecule has 0 bridgehead atoms. The van der Waals surface area contributed by atoms with Crippen molar-refractivity contribution in [2.45, 2.75) is 26.8 Å². The zero-order chi connectivity index (χ0) is 17.1. The second kappa shape index (κ2) is 6.79. The van der Waals surface area contributed by atoms with Gasteiger partial charge in [-0.25, -0.2) is 4.98 Å². The van der Waals surface area contributed by atoms with Crippen LogP contribution in [0.2, 0.25) is 0 Å². The molecule has 1 amide bonds. The lowest BCUT2D eigenvalue weighted by molar-refractivity contribution is -0.114. The SMILES string of the molecule is CCc1nn2c(=O)cc(CNc3cccc(NC(C)=O)c3)nc2s1. The van der Waals surface area contributed by atoms with Crippen LogP contribution in [0.4, 0.5) is 11.4 Å². The molecule has 24 heavy (non-hydrogen) atoms. The second-order valence-corrected chi connectivity index (χ2v) is 6.29. The van der Waals surface area contributed by atoms with Crippen LogP contribution in [-0.4, -0.2) is 20.5 Å². The van der Waals surface area contributed by atoms with Crippen molar-refractivity contribution in [1.29, 1.82) is 0 Å². The molecule has 8 heteroatoms. The molecule has 7 nitrogen and oxygen atoms in total. The lowest BCUT2D eigenvalue weighted by atomic mass is 10.2. The quantitative estimate of drug-likeness (QED) is 0.742. The summed E-state index contributed by atoms with van der Waals surface area (Å²) < 4.78 is 1.34. The molecule has 0 spiro atoms. The molecule has 3 aromatic rings. The summed E-state index contributed by atoms with van der Waals surface area (Å²) in [6, 6.07) is 8.85. The van der Waals surface area contributed by atoms with Gasteiger partial charge in [0, 0.05) is 24.4 Å². The Morgan fingerprint density at radius 3 is 2.83 bits per heavy atom. The summed E-state index contributed by atoms with van der Waals surface area (Å²) in [4.78, 5) is 28.3. The number of nitrogens with zero attached hydrogens (tertiary/aromatic N) is 3. The van der Waals surface area contributed by atoms with Crippen molar-refractivity contribution in [3.05, 3.63) is 51.4 Å². The van der Waals surface area contributed by atoms with E-state index in [9.17, 15) is 9.59 Å². The number of anilines is 2. The van der Waals surface area contributed by atoms with E-state index in [2.05, 4.69) is 20.7 Å². The van der Waals surface area contributed by atoms with E-state index >= 15 is 0 Å². The minimum Gasteiger partial charge on any atom is -0.379 e. The van der Waals surface area contributed by atoms with E-state index in [0.717, 1.165) is 17.1 Å². The van der Waals surface area contributed by atoms with Crippen molar-refractivity contribution >= 4 is 33.6 Å². The number of rotatable bonds is 5. The molecular weight excluding hydrogens is 326 g/mol. The molecule has 0 saturated carbocycles. The monoisotopic (exact) mass is 343 g/mol. The van der Waals surface area contributed by atoms with Gasteiger partial charge in [-0.3, -0.25) is 9.59 Å². The Hall–Kier alpha value is -2.74. The highest BCUT2D eigenvalue weighted by Gasteiger charge is 2.08. The fourth-order valence-corrected chi connectivity index (χ4v) is 3.09. The van der Waals surface area contributed by atoms with E-state index in [1.54, 1.807) is 0 Å². The average Bonchev–Trinajstić information content (AvgIpc) is 2.96. The molecule has 0 aliphatic rings. The van der Waals surface area contributed by atoms with Crippen molar-refractivity contribution < 1.29 is 4.79 Å². The van der Waals surface area contributed by atoms with E-state index in [4.69, 9.17) is 0 Å². The Morgan fingerprint density at radius 2 is 2.08 bits per heavy atom. The zero-order valence-electron chi connectivity index (χ0n) is 13.4. The van der Waals surface area contributed by atoms with Gasteiger partial charge in [0.25, 0.3) is 5.56 Å². The number of aryl methyl sites for hydroxylation is 1. The standard InChI is InChI=1S/C16H17N5O2S/c1-3-14-20-21-15(23)8-13(19-16(21)24-14)9-17-11-5-4-6-12(7-11)18-10(2)22/h4-8,17H,3,9H2,1-2H3,(H,18,22). The fourth-order valence-electron chi connectivity index (χ4n) is 2.23. The van der Waals surface area contributed by atoms with E-state index in [-0.39, 0.29) is 11.5 Å². The molecular formula is C16H17N5O2S. The van der Waals surface area contributed by atoms with Crippen LogP contribution in [0.25, 0.3) is 4.96 Å². The Bertz CT molecular complexity index is 947. The summed E-state index contributed by atoms with van der Waals surface area (Å²) in [7, 11) is 0. The van der Waals surface area contributed by atoms with Crippen LogP contribution in [0.5, 0.6) is 0 Å². The van der Waals surface area contributed by atoms with Gasteiger partial charge in [0.15, 0.2) is 0 Å². The van der Waals surface area contributed by atoms with Crippen LogP contribution in [0.15, 0.2) is 35.1 Å². The van der Waals surface area contributed by atoms with Gasteiger partial charge < -0.3 is 10.6 Å². The Morgan fingerprint density at radius 1 is 1.29 bits per heavy atom. The first-order valence-corrected chi connectivity index (χ1v) is 8.37. The normalized spacial score (nSPS) is 10.8. The Labute approximate surface area is 142 Å². The zero-order valence-corrected chi connectivity index (χ0v) is 14.2. The molecule has 2 N–H and O–H groups in total. The van der Waals surface area contributed by atoms with Gasteiger partial charge in [0.2, 0.25) is 10.9 Å². The van der Waals surface area contributed by atoms with Crippen molar-refractivity contribution in [2.75, 3.05) is 10.6 Å². The maximum absolute atomic E-state index is 12.1. The van der Waals surface area contributed by atoms with Crippen LogP contribution < -0.4 is 16.2 Å². The molecule has 3 rings (SSSR count). The predicted molar refractivity (Wildman–Crippen MR) is 94.6 cm³/mol. The van der Waals surface area contributed by atoms with Gasteiger partial charge in [-0.05, 0) is 24.6 Å². The minimum absolute atomic E-state index is 0.121. The predicted octanol–water partition coefficient (Wildman–Crippen LogP) is 2.28. The number of hydrogen-bond donors (Lipinski definition) is 2. The lowest BCUT2D eigenvalue weighted by Crippen LogP contribution is -2.16. The minimum atomic E-state index is -0.181. The summed E-state index contributed by atoms with van der Waals surface area (Å²) in [5.74, 6) is -0.121. The smallest absolute Gasteiger partial charge is 0.275 e. The molecule has 0 radical (unpaired) electrons. The highest BCUT2D eigenvalue weighted by atomic mass is 32.1. The number of amides is 1. The van der Waals surface area contributed by atoms with Crippen molar-refractivity contribution in [1.82, 2.24) is 14.6 Å². The van der Waals surface area contributed by atoms with E-state index in [1.165, 1.54) is 28.8 Å². The van der Waals surface area contributed by atoms with Gasteiger partial charge in [-0.15, -0.1) is 0 Å². The maximum atomic E-state index is 12.1. The van der Waals surface area contributed by atoms with Crippen LogP contribution in [0.1, 0.15) is 24.5 Å². The first-order valence-electron chi connectivity index (χ1n) is 7.55. The number of carbonyl (C=O) groups is 1. The fraction of sp³-hybridized carbons (Fsp3) is 0.250. The average molecular weight is 343 g/mol. The van der Waals surface area contributed by atoms with Crippen molar-refractivity contribution in [3.8, 4) is 0 Å². The number of fused-ring (bicyclic) bond motifs is 1. The number of benzene rings is 1. The summed E-state index contributed by atoms with van der Waals surface area (Å²) in [5, 5.41) is 11.1. The van der Waals surface area contributed by atoms with E-state index in [0.29, 0.717) is 22.9 Å². The summed E-state index contributed by atoms with van der Waals surface area (Å²) in [6.45, 7) is 3.87. The maximum Gasteiger partial charge on any atom is 0.275 e. The highest BCUT2D eigenvalue weighted by Crippen LogP contribution is 2.16. The molecule has 0 saturated heterocycles. The largest absolute Gasteiger partial charge is 0.379 e. The molecule has 0 fully saturated rings. The Balaban J connectivity index is 1.78. The number of aromatic nitrogens is 3. The van der Waals surface area contributed by atoms with E-state index in [1.807, 2.05) is 31.2 Å². The molecule has 0 aliphatic carbocycles. The molecule has 0 aliphatic heterocycles. The molecule has 0 unspecified atom stereocenters. The lowest BCUT2D eigenvalue weighted by Gasteiger charge is -2.08. The van der Waals surface area contributed by atoms with Gasteiger partial charge in [-0.2, -0.15) is 9.61 Å². The first-order chi connectivity index (χ1) is 11.5. The van der Waals surface area contributed by atoms with Crippen LogP contribution in [-0.2, 0) is 17.8 Å². The third kappa shape index (κ3) is 3.60. The van der Waals surface area contributed by atoms with Gasteiger partial charge >= 0.3 is 0 Å². The molecule has 0 atom stereocenters. The first kappa shape index (κ1) is 16.1. The van der Waals surface area contributed by atoms with Crippen LogP contribution in [0, 0.1) is 0 Å². The Kier molecular flexibility index (Phi) is 4.57. The molecule has 124 valence electrons. The number of hydrogen-bond acceptors (Lipinski definition) is 6. The second-order valence-electron chi connectivity index (χ2n) is 5.24. The molecule has 2 heterocycles. The summed E-state index contributed by atoms with van der Waals surface area (Å²) >= 11 is 1.42. The van der Waals surface area contributed by atoms with E-state index < -0.39 is 0 Å². The van der Waals surface area contributed by atoms with Gasteiger partial charge in [0.1, 0.15) is 5.01 Å². The van der Waals surface area contributed by atoms with Crippen molar-refractivity contribution in [3.63, 3.8) is 0 Å². The van der Waals surface area contributed by atoms with Crippen LogP contribution in [0.3, 0.4) is 0 Å². The third-order valence-corrected chi connectivity index (χ3v) is 4.35. The van der Waals surface area contributed by atoms with Gasteiger partial charge in [-0.1, -0.05) is 24.3 Å². The van der Waals surface area contributed by atoms with Crippen molar-refractivity contribution in [2.24, 2.45) is 0 Å². The molecule has 2 aromatic heterocycles. The summed E-state index contributed by atoms with van der Waals surface area (Å²) in [6.07, 6.45) is 0.775. The number of nitrogens with one attached hydrogen (secondary N) is 2. The number of carbonyl (C=O) groups excluding carboxylic acids is 1. The highest BCUT2D eigenvalue weighted by molar-refractivity contribution is 7.16. The molecule has 1 aromatic carbocycles.